The van der Waals surface area contributed by atoms with E-state index in [-0.39, 0.29) is 12.3 Å². The summed E-state index contributed by atoms with van der Waals surface area (Å²) >= 11 is 0. The van der Waals surface area contributed by atoms with E-state index in [1.54, 1.807) is 48.5 Å². The molecule has 0 amide bonds. The van der Waals surface area contributed by atoms with E-state index in [4.69, 9.17) is 0 Å². The van der Waals surface area contributed by atoms with Gasteiger partial charge in [0, 0.05) is 5.56 Å². The average Bonchev–Trinajstić information content (AvgIpc) is 2.89. The molecule has 124 valence electrons. The third-order valence-electron chi connectivity index (χ3n) is 3.69. The second-order valence-corrected chi connectivity index (χ2v) is 7.01. The molecule has 1 aliphatic rings. The van der Waals surface area contributed by atoms with Gasteiger partial charge in [0.15, 0.2) is 0 Å². The number of anilines is 1. The summed E-state index contributed by atoms with van der Waals surface area (Å²) in [7, 11) is -3.67. The standard InChI is InChI=1S/C17H16N2O4S/c20-12-15-11-19(24(22,23)18-15)16-9-6-13(7-10-16)5-8-14-3-1-2-4-17(14)21/h1-10,12,15,18,21H,11H2. The molecule has 1 atom stereocenters. The lowest BCUT2D eigenvalue weighted by Gasteiger charge is -2.15. The molecular weight excluding hydrogens is 328 g/mol. The first-order chi connectivity index (χ1) is 11.5. The highest BCUT2D eigenvalue weighted by Crippen LogP contribution is 2.23. The first-order valence-corrected chi connectivity index (χ1v) is 8.75. The first kappa shape index (κ1) is 16.2. The first-order valence-electron chi connectivity index (χ1n) is 7.31. The van der Waals surface area contributed by atoms with Crippen molar-refractivity contribution in [3.63, 3.8) is 0 Å². The van der Waals surface area contributed by atoms with Crippen molar-refractivity contribution in [1.29, 1.82) is 0 Å². The number of nitrogens with one attached hydrogen (secondary N) is 1. The minimum atomic E-state index is -3.67. The fourth-order valence-corrected chi connectivity index (χ4v) is 3.85. The predicted molar refractivity (Wildman–Crippen MR) is 92.7 cm³/mol. The van der Waals surface area contributed by atoms with Crippen LogP contribution >= 0.6 is 0 Å². The van der Waals surface area contributed by atoms with Gasteiger partial charge in [0.25, 0.3) is 0 Å². The largest absolute Gasteiger partial charge is 0.507 e. The molecule has 24 heavy (non-hydrogen) atoms. The molecule has 1 fully saturated rings. The summed E-state index contributed by atoms with van der Waals surface area (Å²) in [6.45, 7) is 0.0822. The van der Waals surface area contributed by atoms with E-state index in [1.807, 2.05) is 12.1 Å². The van der Waals surface area contributed by atoms with Crippen molar-refractivity contribution < 1.29 is 18.3 Å². The van der Waals surface area contributed by atoms with E-state index in [1.165, 1.54) is 4.31 Å². The van der Waals surface area contributed by atoms with Crippen LogP contribution < -0.4 is 9.03 Å². The predicted octanol–water partition coefficient (Wildman–Crippen LogP) is 1.78. The Hall–Kier alpha value is -2.64. The van der Waals surface area contributed by atoms with Gasteiger partial charge in [-0.15, -0.1) is 0 Å². The van der Waals surface area contributed by atoms with Crippen LogP contribution in [0.2, 0.25) is 0 Å². The van der Waals surface area contributed by atoms with Crippen molar-refractivity contribution in [2.24, 2.45) is 0 Å². The Balaban J connectivity index is 1.79. The number of aldehydes is 1. The van der Waals surface area contributed by atoms with Crippen molar-refractivity contribution in [2.75, 3.05) is 10.8 Å². The topological polar surface area (TPSA) is 86.7 Å². The van der Waals surface area contributed by atoms with Gasteiger partial charge >= 0.3 is 10.2 Å². The minimum Gasteiger partial charge on any atom is -0.507 e. The van der Waals surface area contributed by atoms with E-state index >= 15 is 0 Å². The smallest absolute Gasteiger partial charge is 0.302 e. The summed E-state index contributed by atoms with van der Waals surface area (Å²) in [5.74, 6) is 0.194. The number of phenols is 1. The van der Waals surface area contributed by atoms with Gasteiger partial charge in [-0.2, -0.15) is 13.1 Å². The van der Waals surface area contributed by atoms with E-state index in [0.29, 0.717) is 17.5 Å². The lowest BCUT2D eigenvalue weighted by atomic mass is 10.1. The molecule has 0 radical (unpaired) electrons. The lowest BCUT2D eigenvalue weighted by Crippen LogP contribution is -2.30. The van der Waals surface area contributed by atoms with E-state index in [0.717, 1.165) is 5.56 Å². The molecule has 2 aromatic rings. The minimum absolute atomic E-state index is 0.0822. The SMILES string of the molecule is O=CC1CN(c2ccc(C=Cc3ccccc3O)cc2)S(=O)(=O)N1. The van der Waals surface area contributed by atoms with Gasteiger partial charge in [0.2, 0.25) is 0 Å². The second-order valence-electron chi connectivity index (χ2n) is 5.38. The molecule has 2 aromatic carbocycles. The van der Waals surface area contributed by atoms with Crippen molar-refractivity contribution in [3.05, 3.63) is 59.7 Å². The monoisotopic (exact) mass is 344 g/mol. The number of carbonyl (C=O) groups is 1. The van der Waals surface area contributed by atoms with E-state index in [2.05, 4.69) is 4.72 Å². The van der Waals surface area contributed by atoms with Crippen LogP contribution in [0.15, 0.2) is 48.5 Å². The van der Waals surface area contributed by atoms with Gasteiger partial charge in [-0.25, -0.2) is 0 Å². The molecule has 0 aromatic heterocycles. The van der Waals surface area contributed by atoms with Crippen molar-refractivity contribution >= 4 is 34.3 Å². The Morgan fingerprint density at radius 2 is 1.79 bits per heavy atom. The van der Waals surface area contributed by atoms with Crippen molar-refractivity contribution in [1.82, 2.24) is 4.72 Å². The number of benzene rings is 2. The number of hydrogen-bond acceptors (Lipinski definition) is 4. The molecular formula is C17H16N2O4S. The lowest BCUT2D eigenvalue weighted by molar-refractivity contribution is -0.108. The summed E-state index contributed by atoms with van der Waals surface area (Å²) in [6.07, 6.45) is 4.19. The summed E-state index contributed by atoms with van der Waals surface area (Å²) in [4.78, 5) is 10.8. The van der Waals surface area contributed by atoms with Crippen LogP contribution in [0.25, 0.3) is 12.2 Å². The number of aromatic hydroxyl groups is 1. The molecule has 1 heterocycles. The maximum Gasteiger partial charge on any atom is 0.302 e. The Morgan fingerprint density at radius 1 is 1.08 bits per heavy atom. The number of nitrogens with zero attached hydrogens (tertiary/aromatic N) is 1. The highest BCUT2D eigenvalue weighted by atomic mass is 32.2. The zero-order valence-electron chi connectivity index (χ0n) is 12.7. The third-order valence-corrected chi connectivity index (χ3v) is 5.23. The number of carbonyl (C=O) groups excluding carboxylic acids is 1. The summed E-state index contributed by atoms with van der Waals surface area (Å²) in [5, 5.41) is 9.72. The molecule has 1 saturated heterocycles. The summed E-state index contributed by atoms with van der Waals surface area (Å²) in [6, 6.07) is 13.2. The Morgan fingerprint density at radius 3 is 2.42 bits per heavy atom. The zero-order chi connectivity index (χ0) is 17.2. The molecule has 6 nitrogen and oxygen atoms in total. The quantitative estimate of drug-likeness (QED) is 0.654. The normalized spacial score (nSPS) is 19.7. The van der Waals surface area contributed by atoms with Gasteiger partial charge in [-0.1, -0.05) is 42.5 Å². The highest BCUT2D eigenvalue weighted by molar-refractivity contribution is 7.91. The van der Waals surface area contributed by atoms with Crippen LogP contribution in [-0.4, -0.2) is 32.4 Å². The van der Waals surface area contributed by atoms with Gasteiger partial charge in [0.05, 0.1) is 18.3 Å². The number of para-hydroxylation sites is 1. The fraction of sp³-hybridized carbons (Fsp3) is 0.118. The Labute approximate surface area is 140 Å². The van der Waals surface area contributed by atoms with E-state index < -0.39 is 16.3 Å². The molecule has 0 saturated carbocycles. The summed E-state index contributed by atoms with van der Waals surface area (Å²) < 4.78 is 27.4. The van der Waals surface area contributed by atoms with Crippen LogP contribution in [0.4, 0.5) is 5.69 Å². The fourth-order valence-electron chi connectivity index (χ4n) is 2.45. The maximum absolute atomic E-state index is 12.0. The van der Waals surface area contributed by atoms with Gasteiger partial charge in [0.1, 0.15) is 12.0 Å². The van der Waals surface area contributed by atoms with Crippen LogP contribution in [-0.2, 0) is 15.0 Å². The molecule has 1 aliphatic heterocycles. The summed E-state index contributed by atoms with van der Waals surface area (Å²) in [5.41, 5.74) is 2.05. The third kappa shape index (κ3) is 3.32. The molecule has 2 N–H and O–H groups in total. The van der Waals surface area contributed by atoms with Crippen molar-refractivity contribution in [2.45, 2.75) is 6.04 Å². The molecule has 0 aliphatic carbocycles. The van der Waals surface area contributed by atoms with Crippen LogP contribution in [0.3, 0.4) is 0 Å². The Bertz CT molecular complexity index is 876. The van der Waals surface area contributed by atoms with Crippen LogP contribution in [0.1, 0.15) is 11.1 Å². The second kappa shape index (κ2) is 6.46. The maximum atomic E-state index is 12.0. The van der Waals surface area contributed by atoms with Crippen molar-refractivity contribution in [3.8, 4) is 5.75 Å². The molecule has 7 heteroatoms. The molecule has 3 rings (SSSR count). The van der Waals surface area contributed by atoms with Gasteiger partial charge < -0.3 is 9.90 Å². The van der Waals surface area contributed by atoms with Crippen LogP contribution in [0.5, 0.6) is 5.75 Å². The number of phenolic OH excluding ortho intramolecular Hbond substituents is 1. The number of hydrogen-bond donors (Lipinski definition) is 2. The molecule has 1 unspecified atom stereocenters. The van der Waals surface area contributed by atoms with Gasteiger partial charge in [-0.3, -0.25) is 4.31 Å². The van der Waals surface area contributed by atoms with E-state index in [9.17, 15) is 18.3 Å². The molecule has 0 spiro atoms. The zero-order valence-corrected chi connectivity index (χ0v) is 13.5. The Kier molecular flexibility index (Phi) is 4.37. The molecule has 0 bridgehead atoms. The number of rotatable bonds is 4. The highest BCUT2D eigenvalue weighted by Gasteiger charge is 2.35. The van der Waals surface area contributed by atoms with Crippen LogP contribution in [0, 0.1) is 0 Å². The average molecular weight is 344 g/mol. The van der Waals surface area contributed by atoms with Gasteiger partial charge in [-0.05, 0) is 23.8 Å².